The van der Waals surface area contributed by atoms with Gasteiger partial charge in [-0.3, -0.25) is 0 Å². The molecule has 0 aliphatic carbocycles. The van der Waals surface area contributed by atoms with Crippen LogP contribution in [0.3, 0.4) is 0 Å². The highest BCUT2D eigenvalue weighted by molar-refractivity contribution is 6.31. The van der Waals surface area contributed by atoms with Gasteiger partial charge in [-0.25, -0.2) is 4.79 Å². The minimum Gasteiger partial charge on any atom is -0.543 e. The van der Waals surface area contributed by atoms with Crippen LogP contribution >= 0.6 is 11.6 Å². The highest BCUT2D eigenvalue weighted by atomic mass is 35.5. The quantitative estimate of drug-likeness (QED) is 0.734. The Balaban J connectivity index is 2.94. The summed E-state index contributed by atoms with van der Waals surface area (Å²) in [4.78, 5) is 27.4. The summed E-state index contributed by atoms with van der Waals surface area (Å²) >= 11 is 5.70. The van der Waals surface area contributed by atoms with Gasteiger partial charge in [-0.15, -0.1) is 0 Å². The first-order chi connectivity index (χ1) is 7.08. The Kier molecular flexibility index (Phi) is 2.17. The number of benzene rings is 1. The predicted molar refractivity (Wildman–Crippen MR) is 51.7 cm³/mol. The fourth-order valence-corrected chi connectivity index (χ4v) is 1.45. The van der Waals surface area contributed by atoms with Crippen LogP contribution in [-0.4, -0.2) is 15.9 Å². The van der Waals surface area contributed by atoms with E-state index in [4.69, 9.17) is 11.6 Å². The van der Waals surface area contributed by atoms with Gasteiger partial charge in [0.05, 0.1) is 11.5 Å². The van der Waals surface area contributed by atoms with E-state index >= 15 is 0 Å². The maximum atomic E-state index is 11.0. The fourth-order valence-electron chi connectivity index (χ4n) is 1.28. The second-order valence-electron chi connectivity index (χ2n) is 2.87. The molecule has 0 saturated carbocycles. The molecule has 1 aromatic heterocycles. The molecule has 0 aliphatic heterocycles. The van der Waals surface area contributed by atoms with Gasteiger partial charge >= 0.3 is 5.69 Å². The lowest BCUT2D eigenvalue weighted by Gasteiger charge is -2.05. The Bertz CT molecular complexity index is 606. The van der Waals surface area contributed by atoms with Gasteiger partial charge in [0, 0.05) is 10.4 Å². The number of nitrogens with zero attached hydrogens (tertiary/aromatic N) is 1. The van der Waals surface area contributed by atoms with E-state index in [2.05, 4.69) is 9.97 Å². The van der Waals surface area contributed by atoms with Gasteiger partial charge in [-0.2, -0.15) is 4.98 Å². The molecule has 0 bridgehead atoms. The summed E-state index contributed by atoms with van der Waals surface area (Å²) in [7, 11) is 0. The molecule has 5 nitrogen and oxygen atoms in total. The van der Waals surface area contributed by atoms with Crippen molar-refractivity contribution in [2.75, 3.05) is 0 Å². The first kappa shape index (κ1) is 9.67. The third-order valence-corrected chi connectivity index (χ3v) is 2.12. The van der Waals surface area contributed by atoms with Gasteiger partial charge in [0.2, 0.25) is 0 Å². The van der Waals surface area contributed by atoms with E-state index in [1.165, 1.54) is 12.1 Å². The smallest absolute Gasteiger partial charge is 0.346 e. The highest BCUT2D eigenvalue weighted by Crippen LogP contribution is 2.18. The molecule has 6 heteroatoms. The van der Waals surface area contributed by atoms with E-state index in [1.807, 2.05) is 0 Å². The number of carbonyl (C=O) groups is 1. The number of rotatable bonds is 1. The Morgan fingerprint density at radius 1 is 1.47 bits per heavy atom. The van der Waals surface area contributed by atoms with E-state index in [1.54, 1.807) is 6.07 Å². The molecule has 0 fully saturated rings. The summed E-state index contributed by atoms with van der Waals surface area (Å²) in [5.41, 5.74) is -0.779. The van der Waals surface area contributed by atoms with Crippen LogP contribution in [-0.2, 0) is 0 Å². The van der Waals surface area contributed by atoms with Gasteiger partial charge in [-0.1, -0.05) is 11.6 Å². The number of carbonyl (C=O) groups excluding carboxylic acids is 1. The molecule has 0 saturated heterocycles. The fraction of sp³-hybridized carbons (Fsp3) is 0. The molecule has 1 heterocycles. The second-order valence-corrected chi connectivity index (χ2v) is 3.30. The molecule has 2 rings (SSSR count). The number of aromatic carboxylic acids is 1. The summed E-state index contributed by atoms with van der Waals surface area (Å²) in [5, 5.41) is 11.3. The molecule has 0 aliphatic rings. The number of carboxylic acids is 1. The second kappa shape index (κ2) is 3.36. The molecule has 0 amide bonds. The number of hydrogen-bond donors (Lipinski definition) is 1. The van der Waals surface area contributed by atoms with E-state index in [0.29, 0.717) is 10.5 Å². The third-order valence-electron chi connectivity index (χ3n) is 1.89. The van der Waals surface area contributed by atoms with Gasteiger partial charge in [0.1, 0.15) is 5.69 Å². The van der Waals surface area contributed by atoms with Crippen LogP contribution < -0.4 is 10.8 Å². The van der Waals surface area contributed by atoms with E-state index in [-0.39, 0.29) is 5.39 Å². The van der Waals surface area contributed by atoms with Crippen molar-refractivity contribution in [2.24, 2.45) is 0 Å². The molecule has 0 unspecified atom stereocenters. The summed E-state index contributed by atoms with van der Waals surface area (Å²) in [6.45, 7) is 0. The first-order valence-corrected chi connectivity index (χ1v) is 4.36. The monoisotopic (exact) mass is 223 g/mol. The Morgan fingerprint density at radius 2 is 2.20 bits per heavy atom. The summed E-state index contributed by atoms with van der Waals surface area (Å²) in [5.74, 6) is -1.51. The molecule has 0 spiro atoms. The zero-order chi connectivity index (χ0) is 11.0. The van der Waals surface area contributed by atoms with Crippen molar-refractivity contribution in [1.82, 2.24) is 9.97 Å². The van der Waals surface area contributed by atoms with Crippen molar-refractivity contribution < 1.29 is 9.90 Å². The van der Waals surface area contributed by atoms with Crippen molar-refractivity contribution in [1.29, 1.82) is 0 Å². The minimum atomic E-state index is -1.51. The number of fused-ring (bicyclic) bond motifs is 1. The first-order valence-electron chi connectivity index (χ1n) is 3.99. The van der Waals surface area contributed by atoms with Crippen molar-refractivity contribution in [3.63, 3.8) is 0 Å². The van der Waals surface area contributed by atoms with Crippen LogP contribution in [0.25, 0.3) is 10.9 Å². The van der Waals surface area contributed by atoms with Gasteiger partial charge < -0.3 is 14.9 Å². The Labute approximate surface area is 88.3 Å². The average Bonchev–Trinajstić information content (AvgIpc) is 2.17. The zero-order valence-corrected chi connectivity index (χ0v) is 8.04. The van der Waals surface area contributed by atoms with Crippen LogP contribution in [0.15, 0.2) is 23.0 Å². The van der Waals surface area contributed by atoms with E-state index in [0.717, 1.165) is 0 Å². The molecule has 1 aromatic carbocycles. The molecular weight excluding hydrogens is 220 g/mol. The number of halogens is 1. The summed E-state index contributed by atoms with van der Waals surface area (Å²) in [6.07, 6.45) is 0. The van der Waals surface area contributed by atoms with Crippen molar-refractivity contribution in [3.8, 4) is 0 Å². The minimum absolute atomic E-state index is 0.252. The van der Waals surface area contributed by atoms with Gasteiger partial charge in [-0.05, 0) is 18.2 Å². The molecule has 15 heavy (non-hydrogen) atoms. The molecule has 1 N–H and O–H groups in total. The van der Waals surface area contributed by atoms with Crippen molar-refractivity contribution >= 4 is 28.5 Å². The largest absolute Gasteiger partial charge is 0.543 e. The van der Waals surface area contributed by atoms with Crippen LogP contribution in [0, 0.1) is 0 Å². The predicted octanol–water partition coefficient (Wildman–Crippen LogP) is -0.0600. The number of aromatic amines is 1. The number of aromatic nitrogens is 2. The highest BCUT2D eigenvalue weighted by Gasteiger charge is 2.06. The SMILES string of the molecule is O=C([O-])c1nc(=O)[nH]c2ccc(Cl)cc12. The molecule has 2 aromatic rings. The maximum absolute atomic E-state index is 11.0. The van der Waals surface area contributed by atoms with Crippen LogP contribution in [0.4, 0.5) is 0 Å². The van der Waals surface area contributed by atoms with Crippen molar-refractivity contribution in [2.45, 2.75) is 0 Å². The van der Waals surface area contributed by atoms with E-state index < -0.39 is 17.4 Å². The van der Waals surface area contributed by atoms with Crippen LogP contribution in [0.2, 0.25) is 5.02 Å². The number of carboxylic acid groups (broad SMARTS) is 1. The third kappa shape index (κ3) is 1.69. The number of H-pyrrole nitrogens is 1. The van der Waals surface area contributed by atoms with Crippen LogP contribution in [0.5, 0.6) is 0 Å². The Morgan fingerprint density at radius 3 is 2.87 bits per heavy atom. The maximum Gasteiger partial charge on any atom is 0.346 e. The summed E-state index contributed by atoms with van der Waals surface area (Å²) < 4.78 is 0. The van der Waals surface area contributed by atoms with Crippen LogP contribution in [0.1, 0.15) is 10.5 Å². The number of hydrogen-bond acceptors (Lipinski definition) is 4. The molecule has 0 radical (unpaired) electrons. The van der Waals surface area contributed by atoms with Gasteiger partial charge in [0.25, 0.3) is 0 Å². The lowest BCUT2D eigenvalue weighted by Crippen LogP contribution is -2.27. The number of nitrogens with one attached hydrogen (secondary N) is 1. The Hall–Kier alpha value is -1.88. The molecule has 0 atom stereocenters. The zero-order valence-electron chi connectivity index (χ0n) is 7.28. The normalized spacial score (nSPS) is 10.5. The van der Waals surface area contributed by atoms with E-state index in [9.17, 15) is 14.7 Å². The average molecular weight is 224 g/mol. The van der Waals surface area contributed by atoms with Crippen molar-refractivity contribution in [3.05, 3.63) is 39.4 Å². The topological polar surface area (TPSA) is 85.9 Å². The molecular formula is C9H4ClN2O3-. The lowest BCUT2D eigenvalue weighted by molar-refractivity contribution is -0.255. The molecule has 76 valence electrons. The summed E-state index contributed by atoms with van der Waals surface area (Å²) in [6, 6.07) is 4.46. The van der Waals surface area contributed by atoms with Gasteiger partial charge in [0.15, 0.2) is 0 Å². The standard InChI is InChI=1S/C9H5ClN2O3/c10-4-1-2-6-5(3-4)7(8(13)14)12-9(15)11-6/h1-3H,(H,13,14)(H,11,12,15)/p-1. The lowest BCUT2D eigenvalue weighted by atomic mass is 10.2.